The Morgan fingerprint density at radius 1 is 1.36 bits per heavy atom. The maximum Gasteiger partial charge on any atom is 0.341 e. The van der Waals surface area contributed by atoms with Gasteiger partial charge in [0.1, 0.15) is 5.56 Å². The summed E-state index contributed by atoms with van der Waals surface area (Å²) in [5.41, 5.74) is 8.60. The van der Waals surface area contributed by atoms with Crippen LogP contribution in [0.5, 0.6) is 0 Å². The molecule has 7 heteroatoms. The van der Waals surface area contributed by atoms with E-state index >= 15 is 0 Å². The summed E-state index contributed by atoms with van der Waals surface area (Å²) in [7, 11) is 0. The highest BCUT2D eigenvalue weighted by Crippen LogP contribution is 2.26. The highest BCUT2D eigenvalue weighted by atomic mass is 35.5. The number of nitrogens with two attached hydrogens (primary N) is 1. The average Bonchev–Trinajstić information content (AvgIpc) is 3.01. The number of nitrogens with zero attached hydrogens (tertiary/aromatic N) is 1. The van der Waals surface area contributed by atoms with Crippen LogP contribution >= 0.6 is 12.4 Å². The second kappa shape index (κ2) is 7.72. The molecule has 134 valence electrons. The van der Waals surface area contributed by atoms with Crippen molar-refractivity contribution >= 4 is 24.1 Å². The molecule has 4 N–H and O–H groups in total. The van der Waals surface area contributed by atoms with Gasteiger partial charge in [0, 0.05) is 24.8 Å². The van der Waals surface area contributed by atoms with E-state index in [0.717, 1.165) is 36.3 Å². The second-order valence-corrected chi connectivity index (χ2v) is 6.11. The van der Waals surface area contributed by atoms with Gasteiger partial charge in [0.25, 0.3) is 5.56 Å². The van der Waals surface area contributed by atoms with Gasteiger partial charge in [0.15, 0.2) is 0 Å². The Labute approximate surface area is 152 Å². The van der Waals surface area contributed by atoms with Gasteiger partial charge >= 0.3 is 5.97 Å². The molecule has 0 aliphatic carbocycles. The fourth-order valence-electron chi connectivity index (χ4n) is 3.13. The summed E-state index contributed by atoms with van der Waals surface area (Å²) < 4.78 is 0. The zero-order chi connectivity index (χ0) is 17.3. The molecular formula is C18H22ClN3O3. The van der Waals surface area contributed by atoms with Crippen molar-refractivity contribution in [3.63, 3.8) is 0 Å². The molecule has 2 heterocycles. The predicted molar refractivity (Wildman–Crippen MR) is 101 cm³/mol. The van der Waals surface area contributed by atoms with Gasteiger partial charge in [-0.3, -0.25) is 4.79 Å². The smallest absolute Gasteiger partial charge is 0.341 e. The first-order valence-corrected chi connectivity index (χ1v) is 8.10. The molecule has 1 aliphatic heterocycles. The Kier molecular flexibility index (Phi) is 5.87. The highest BCUT2D eigenvalue weighted by molar-refractivity contribution is 5.88. The third kappa shape index (κ3) is 3.86. The summed E-state index contributed by atoms with van der Waals surface area (Å²) in [6, 6.07) is 9.60. The summed E-state index contributed by atoms with van der Waals surface area (Å²) in [6.45, 7) is 3.73. The Bertz CT molecular complexity index is 817. The van der Waals surface area contributed by atoms with E-state index in [2.05, 4.69) is 9.88 Å². The summed E-state index contributed by atoms with van der Waals surface area (Å²) in [4.78, 5) is 28.1. The molecule has 1 aromatic heterocycles. The van der Waals surface area contributed by atoms with Gasteiger partial charge in [-0.15, -0.1) is 12.4 Å². The monoisotopic (exact) mass is 363 g/mol. The zero-order valence-corrected chi connectivity index (χ0v) is 14.8. The average molecular weight is 364 g/mol. The van der Waals surface area contributed by atoms with Crippen molar-refractivity contribution in [2.24, 2.45) is 5.73 Å². The van der Waals surface area contributed by atoms with E-state index in [4.69, 9.17) is 10.8 Å². The zero-order valence-electron chi connectivity index (χ0n) is 14.0. The van der Waals surface area contributed by atoms with Crippen LogP contribution in [0.1, 0.15) is 29.3 Å². The van der Waals surface area contributed by atoms with Crippen LogP contribution in [0.15, 0.2) is 35.1 Å². The van der Waals surface area contributed by atoms with Gasteiger partial charge < -0.3 is 20.7 Å². The Morgan fingerprint density at radius 3 is 2.56 bits per heavy atom. The first-order valence-electron chi connectivity index (χ1n) is 8.10. The van der Waals surface area contributed by atoms with Crippen LogP contribution in [-0.4, -0.2) is 35.2 Å². The maximum atomic E-state index is 12.0. The molecule has 0 bridgehead atoms. The summed E-state index contributed by atoms with van der Waals surface area (Å²) in [5.74, 6) is -1.21. The largest absolute Gasteiger partial charge is 0.477 e. The van der Waals surface area contributed by atoms with Crippen LogP contribution in [0.3, 0.4) is 0 Å². The van der Waals surface area contributed by atoms with Gasteiger partial charge in [0.05, 0.1) is 5.69 Å². The number of anilines is 1. The number of rotatable bonds is 4. The van der Waals surface area contributed by atoms with E-state index in [9.17, 15) is 9.59 Å². The van der Waals surface area contributed by atoms with E-state index in [1.54, 1.807) is 0 Å². The lowest BCUT2D eigenvalue weighted by molar-refractivity contribution is 0.0695. The fraction of sp³-hybridized carbons (Fsp3) is 0.333. The van der Waals surface area contributed by atoms with Crippen LogP contribution in [0, 0.1) is 0 Å². The number of H-pyrrole nitrogens is 1. The van der Waals surface area contributed by atoms with Crippen molar-refractivity contribution < 1.29 is 9.90 Å². The van der Waals surface area contributed by atoms with Gasteiger partial charge in [0.2, 0.25) is 0 Å². The molecule has 1 atom stereocenters. The van der Waals surface area contributed by atoms with Gasteiger partial charge in [-0.25, -0.2) is 4.79 Å². The second-order valence-electron chi connectivity index (χ2n) is 6.11. The SMILES string of the molecule is CCc1cc(C(=O)O)c(=O)[nH]c1-c1ccc(N2CC[C@H](N)C2)cc1.Cl. The normalized spacial score (nSPS) is 16.6. The molecule has 6 nitrogen and oxygen atoms in total. The molecule has 1 saturated heterocycles. The summed E-state index contributed by atoms with van der Waals surface area (Å²) in [6.07, 6.45) is 1.63. The molecule has 1 aliphatic rings. The third-order valence-corrected chi connectivity index (χ3v) is 4.48. The minimum absolute atomic E-state index is 0. The number of carboxylic acid groups (broad SMARTS) is 1. The van der Waals surface area contributed by atoms with E-state index in [-0.39, 0.29) is 24.0 Å². The van der Waals surface area contributed by atoms with Crippen LogP contribution < -0.4 is 16.2 Å². The number of pyridine rings is 1. The van der Waals surface area contributed by atoms with E-state index in [1.807, 2.05) is 31.2 Å². The number of carbonyl (C=O) groups is 1. The maximum absolute atomic E-state index is 12.0. The molecule has 25 heavy (non-hydrogen) atoms. The number of aromatic amines is 1. The molecule has 1 aromatic carbocycles. The van der Waals surface area contributed by atoms with Crippen molar-refractivity contribution in [3.8, 4) is 11.3 Å². The van der Waals surface area contributed by atoms with Crippen LogP contribution in [-0.2, 0) is 6.42 Å². The number of carboxylic acids is 1. The molecule has 3 rings (SSSR count). The van der Waals surface area contributed by atoms with Gasteiger partial charge in [-0.2, -0.15) is 0 Å². The van der Waals surface area contributed by atoms with E-state index in [1.165, 1.54) is 6.07 Å². The minimum Gasteiger partial charge on any atom is -0.477 e. The van der Waals surface area contributed by atoms with Crippen molar-refractivity contribution in [1.82, 2.24) is 4.98 Å². The van der Waals surface area contributed by atoms with Gasteiger partial charge in [-0.1, -0.05) is 19.1 Å². The van der Waals surface area contributed by atoms with E-state index in [0.29, 0.717) is 12.1 Å². The summed E-state index contributed by atoms with van der Waals surface area (Å²) >= 11 is 0. The number of aromatic nitrogens is 1. The van der Waals surface area contributed by atoms with Crippen molar-refractivity contribution in [3.05, 3.63) is 51.8 Å². The van der Waals surface area contributed by atoms with Crippen molar-refractivity contribution in [1.29, 1.82) is 0 Å². The number of benzene rings is 1. The Balaban J connectivity index is 0.00000225. The molecular weight excluding hydrogens is 342 g/mol. The minimum atomic E-state index is -1.21. The molecule has 0 unspecified atom stereocenters. The molecule has 0 spiro atoms. The first kappa shape index (κ1) is 19.0. The molecule has 0 amide bonds. The fourth-order valence-corrected chi connectivity index (χ4v) is 3.13. The highest BCUT2D eigenvalue weighted by Gasteiger charge is 2.19. The number of nitrogens with one attached hydrogen (secondary N) is 1. The Hall–Kier alpha value is -2.31. The quantitative estimate of drug-likeness (QED) is 0.773. The third-order valence-electron chi connectivity index (χ3n) is 4.48. The molecule has 1 fully saturated rings. The van der Waals surface area contributed by atoms with E-state index < -0.39 is 11.5 Å². The lowest BCUT2D eigenvalue weighted by Gasteiger charge is -2.18. The molecule has 2 aromatic rings. The molecule has 0 saturated carbocycles. The molecule has 0 radical (unpaired) electrons. The van der Waals surface area contributed by atoms with Crippen LogP contribution in [0.25, 0.3) is 11.3 Å². The summed E-state index contributed by atoms with van der Waals surface area (Å²) in [5, 5.41) is 9.09. The first-order chi connectivity index (χ1) is 11.5. The van der Waals surface area contributed by atoms with Crippen LogP contribution in [0.4, 0.5) is 5.69 Å². The number of halogens is 1. The topological polar surface area (TPSA) is 99.4 Å². The van der Waals surface area contributed by atoms with Gasteiger partial charge in [-0.05, 0) is 42.2 Å². The van der Waals surface area contributed by atoms with Crippen molar-refractivity contribution in [2.45, 2.75) is 25.8 Å². The lowest BCUT2D eigenvalue weighted by Crippen LogP contribution is -2.26. The van der Waals surface area contributed by atoms with Crippen LogP contribution in [0.2, 0.25) is 0 Å². The Morgan fingerprint density at radius 2 is 2.04 bits per heavy atom. The standard InChI is InChI=1S/C18H21N3O3.ClH/c1-2-11-9-15(18(23)24)17(22)20-16(11)12-3-5-14(6-4-12)21-8-7-13(19)10-21;/h3-6,9,13H,2,7-8,10,19H2,1H3,(H,20,22)(H,23,24);1H/t13-;/m0./s1. The lowest BCUT2D eigenvalue weighted by atomic mass is 10.0. The van der Waals surface area contributed by atoms with Crippen molar-refractivity contribution in [2.75, 3.05) is 18.0 Å². The number of hydrogen-bond acceptors (Lipinski definition) is 4. The number of aryl methyl sites for hydroxylation is 1. The number of hydrogen-bond donors (Lipinski definition) is 3. The predicted octanol–water partition coefficient (Wildman–Crippen LogP) is 2.26. The number of aromatic carboxylic acids is 1.